The van der Waals surface area contributed by atoms with E-state index in [4.69, 9.17) is 4.74 Å². The fourth-order valence-corrected chi connectivity index (χ4v) is 1.86. The molecule has 0 spiro atoms. The summed E-state index contributed by atoms with van der Waals surface area (Å²) in [5, 5.41) is 0. The van der Waals surface area contributed by atoms with Crippen molar-refractivity contribution < 1.29 is 14.3 Å². The average Bonchev–Trinajstić information content (AvgIpc) is 2.69. The molecule has 3 heteroatoms. The number of carbonyl (C=O) groups is 1. The molecule has 0 saturated carbocycles. The Hall–Kier alpha value is -1.51. The van der Waals surface area contributed by atoms with Gasteiger partial charge in [0.25, 0.3) is 0 Å². The number of ether oxygens (including phenoxy) is 2. The van der Waals surface area contributed by atoms with Crippen LogP contribution in [0.4, 0.5) is 0 Å². The molecule has 1 heterocycles. The van der Waals surface area contributed by atoms with Crippen LogP contribution in [0, 0.1) is 0 Å². The van der Waals surface area contributed by atoms with Gasteiger partial charge in [-0.3, -0.25) is 4.79 Å². The van der Waals surface area contributed by atoms with Crippen molar-refractivity contribution in [1.29, 1.82) is 0 Å². The molecular weight excluding hydrogens is 192 g/mol. The number of benzene rings is 1. The van der Waals surface area contributed by atoms with Crippen molar-refractivity contribution in [3.8, 4) is 5.75 Å². The molecule has 1 atom stereocenters. The monoisotopic (exact) mass is 206 g/mol. The number of esters is 1. The van der Waals surface area contributed by atoms with Gasteiger partial charge >= 0.3 is 5.97 Å². The van der Waals surface area contributed by atoms with Crippen LogP contribution >= 0.6 is 0 Å². The molecule has 2 rings (SSSR count). The molecule has 15 heavy (non-hydrogen) atoms. The van der Waals surface area contributed by atoms with E-state index in [1.54, 1.807) is 0 Å². The predicted molar refractivity (Wildman–Crippen MR) is 55.9 cm³/mol. The lowest BCUT2D eigenvalue weighted by Crippen LogP contribution is -2.06. The van der Waals surface area contributed by atoms with Gasteiger partial charge < -0.3 is 9.47 Å². The molecule has 0 amide bonds. The lowest BCUT2D eigenvalue weighted by atomic mass is 9.96. The van der Waals surface area contributed by atoms with Crippen LogP contribution < -0.4 is 4.74 Å². The number of fused-ring (bicyclic) bond motifs is 1. The summed E-state index contributed by atoms with van der Waals surface area (Å²) < 4.78 is 10.1. The fraction of sp³-hybridized carbons (Fsp3) is 0.417. The first-order valence-corrected chi connectivity index (χ1v) is 5.10. The van der Waals surface area contributed by atoms with Gasteiger partial charge in [-0.25, -0.2) is 0 Å². The summed E-state index contributed by atoms with van der Waals surface area (Å²) in [6, 6.07) is 7.98. The summed E-state index contributed by atoms with van der Waals surface area (Å²) in [5.41, 5.74) is 1.21. The molecule has 0 N–H and O–H groups in total. The third-order valence-electron chi connectivity index (χ3n) is 2.72. The smallest absolute Gasteiger partial charge is 0.305 e. The quantitative estimate of drug-likeness (QED) is 0.710. The maximum absolute atomic E-state index is 11.0. The Labute approximate surface area is 89.0 Å². The molecule has 80 valence electrons. The van der Waals surface area contributed by atoms with E-state index in [0.29, 0.717) is 18.9 Å². The van der Waals surface area contributed by atoms with Gasteiger partial charge in [-0.15, -0.1) is 0 Å². The van der Waals surface area contributed by atoms with Crippen LogP contribution in [0.5, 0.6) is 5.75 Å². The van der Waals surface area contributed by atoms with E-state index in [2.05, 4.69) is 10.8 Å². The standard InChI is InChI=1S/C12H14O3/c1-14-12(13)7-6-9-8-15-11-5-3-2-4-10(9)11/h2-5,9H,6-8H2,1H3. The highest BCUT2D eigenvalue weighted by Gasteiger charge is 2.23. The fourth-order valence-electron chi connectivity index (χ4n) is 1.86. The highest BCUT2D eigenvalue weighted by Crippen LogP contribution is 2.35. The van der Waals surface area contributed by atoms with Crippen molar-refractivity contribution in [2.45, 2.75) is 18.8 Å². The maximum Gasteiger partial charge on any atom is 0.305 e. The van der Waals surface area contributed by atoms with Gasteiger partial charge in [-0.1, -0.05) is 18.2 Å². The summed E-state index contributed by atoms with van der Waals surface area (Å²) in [7, 11) is 1.42. The summed E-state index contributed by atoms with van der Waals surface area (Å²) >= 11 is 0. The largest absolute Gasteiger partial charge is 0.493 e. The number of para-hydroxylation sites is 1. The van der Waals surface area contributed by atoms with E-state index >= 15 is 0 Å². The van der Waals surface area contributed by atoms with Crippen LogP contribution in [0.2, 0.25) is 0 Å². The number of methoxy groups -OCH3 is 1. The normalized spacial score (nSPS) is 18.1. The molecule has 0 aromatic heterocycles. The minimum absolute atomic E-state index is 0.153. The molecule has 0 radical (unpaired) electrons. The zero-order valence-corrected chi connectivity index (χ0v) is 8.73. The Kier molecular flexibility index (Phi) is 2.90. The highest BCUT2D eigenvalue weighted by molar-refractivity contribution is 5.69. The van der Waals surface area contributed by atoms with Crippen molar-refractivity contribution >= 4 is 5.97 Å². The molecule has 0 bridgehead atoms. The molecule has 1 aliphatic heterocycles. The van der Waals surface area contributed by atoms with Crippen molar-refractivity contribution in [1.82, 2.24) is 0 Å². The van der Waals surface area contributed by atoms with E-state index in [-0.39, 0.29) is 5.97 Å². The molecule has 1 aliphatic rings. The highest BCUT2D eigenvalue weighted by atomic mass is 16.5. The molecule has 0 aliphatic carbocycles. The van der Waals surface area contributed by atoms with E-state index in [1.807, 2.05) is 18.2 Å². The minimum atomic E-state index is -0.153. The van der Waals surface area contributed by atoms with Gasteiger partial charge in [0.1, 0.15) is 5.75 Å². The van der Waals surface area contributed by atoms with Crippen LogP contribution in [0.1, 0.15) is 24.3 Å². The molecule has 0 saturated heterocycles. The van der Waals surface area contributed by atoms with Crippen LogP contribution in [0.15, 0.2) is 24.3 Å². The number of carbonyl (C=O) groups excluding carboxylic acids is 1. The van der Waals surface area contributed by atoms with E-state index < -0.39 is 0 Å². The topological polar surface area (TPSA) is 35.5 Å². The molecule has 1 aromatic carbocycles. The van der Waals surface area contributed by atoms with E-state index in [9.17, 15) is 4.79 Å². The van der Waals surface area contributed by atoms with Crippen molar-refractivity contribution in [3.63, 3.8) is 0 Å². The van der Waals surface area contributed by atoms with Crippen LogP contribution in [0.3, 0.4) is 0 Å². The molecule has 1 aromatic rings. The van der Waals surface area contributed by atoms with Crippen molar-refractivity contribution in [2.24, 2.45) is 0 Å². The Morgan fingerprint density at radius 3 is 3.13 bits per heavy atom. The molecule has 3 nitrogen and oxygen atoms in total. The second-order valence-electron chi connectivity index (χ2n) is 3.66. The summed E-state index contributed by atoms with van der Waals surface area (Å²) in [6.45, 7) is 0.677. The molecule has 1 unspecified atom stereocenters. The zero-order chi connectivity index (χ0) is 10.7. The average molecular weight is 206 g/mol. The van der Waals surface area contributed by atoms with E-state index in [0.717, 1.165) is 12.2 Å². The predicted octanol–water partition coefficient (Wildman–Crippen LogP) is 2.12. The molecule has 0 fully saturated rings. The van der Waals surface area contributed by atoms with Crippen molar-refractivity contribution in [2.75, 3.05) is 13.7 Å². The summed E-state index contributed by atoms with van der Waals surface area (Å²) in [5.74, 6) is 1.13. The first kappa shape index (κ1) is 10.0. The number of hydrogen-bond donors (Lipinski definition) is 0. The first-order valence-electron chi connectivity index (χ1n) is 5.10. The second kappa shape index (κ2) is 4.34. The van der Waals surface area contributed by atoms with Gasteiger partial charge in [0.15, 0.2) is 0 Å². The SMILES string of the molecule is COC(=O)CCC1COc2ccccc21. The van der Waals surface area contributed by atoms with Gasteiger partial charge in [-0.05, 0) is 12.5 Å². The lowest BCUT2D eigenvalue weighted by molar-refractivity contribution is -0.140. The second-order valence-corrected chi connectivity index (χ2v) is 3.66. The zero-order valence-electron chi connectivity index (χ0n) is 8.73. The van der Waals surface area contributed by atoms with Gasteiger partial charge in [0.2, 0.25) is 0 Å². The Balaban J connectivity index is 1.99. The lowest BCUT2D eigenvalue weighted by Gasteiger charge is -2.06. The van der Waals surface area contributed by atoms with Crippen LogP contribution in [-0.4, -0.2) is 19.7 Å². The molecular formula is C12H14O3. The minimum Gasteiger partial charge on any atom is -0.493 e. The third kappa shape index (κ3) is 2.12. The first-order chi connectivity index (χ1) is 7.31. The Bertz CT molecular complexity index is 360. The van der Waals surface area contributed by atoms with Gasteiger partial charge in [0, 0.05) is 17.9 Å². The Morgan fingerprint density at radius 2 is 2.33 bits per heavy atom. The van der Waals surface area contributed by atoms with Gasteiger partial charge in [-0.2, -0.15) is 0 Å². The van der Waals surface area contributed by atoms with Crippen molar-refractivity contribution in [3.05, 3.63) is 29.8 Å². The van der Waals surface area contributed by atoms with Gasteiger partial charge in [0.05, 0.1) is 13.7 Å². The summed E-state index contributed by atoms with van der Waals surface area (Å²) in [6.07, 6.45) is 1.25. The third-order valence-corrected chi connectivity index (χ3v) is 2.72. The van der Waals surface area contributed by atoms with E-state index in [1.165, 1.54) is 12.7 Å². The Morgan fingerprint density at radius 1 is 1.53 bits per heavy atom. The van der Waals surface area contributed by atoms with Crippen LogP contribution in [0.25, 0.3) is 0 Å². The van der Waals surface area contributed by atoms with Crippen LogP contribution in [-0.2, 0) is 9.53 Å². The maximum atomic E-state index is 11.0. The number of hydrogen-bond acceptors (Lipinski definition) is 3. The number of rotatable bonds is 3. The summed E-state index contributed by atoms with van der Waals surface area (Å²) in [4.78, 5) is 11.0.